The Bertz CT molecular complexity index is 599. The maximum atomic E-state index is 12.1. The Morgan fingerprint density at radius 1 is 1.24 bits per heavy atom. The predicted molar refractivity (Wildman–Crippen MR) is 87.0 cm³/mol. The topological polar surface area (TPSA) is 66.6 Å². The summed E-state index contributed by atoms with van der Waals surface area (Å²) in [6.45, 7) is 3.18. The lowest BCUT2D eigenvalue weighted by atomic mass is 10.1. The van der Waals surface area contributed by atoms with Crippen molar-refractivity contribution in [2.24, 2.45) is 0 Å². The molecule has 5 nitrogen and oxygen atoms in total. The van der Waals surface area contributed by atoms with Crippen LogP contribution in [-0.4, -0.2) is 39.4 Å². The highest BCUT2D eigenvalue weighted by Gasteiger charge is 2.22. The van der Waals surface area contributed by atoms with E-state index in [4.69, 9.17) is 5.73 Å². The minimum absolute atomic E-state index is 0.247. The van der Waals surface area contributed by atoms with Crippen molar-refractivity contribution >= 4 is 21.4 Å². The summed E-state index contributed by atoms with van der Waals surface area (Å²) in [7, 11) is -0.385. The third-order valence-electron chi connectivity index (χ3n) is 4.14. The average Bonchev–Trinajstić information content (AvgIpc) is 2.63. The molecule has 1 aromatic rings. The minimum Gasteiger partial charge on any atom is -0.397 e. The number of rotatable bonds is 3. The van der Waals surface area contributed by atoms with Gasteiger partial charge in [0.05, 0.1) is 16.3 Å². The van der Waals surface area contributed by atoms with Gasteiger partial charge in [-0.3, -0.25) is 0 Å². The molecular weight excluding hydrogens is 286 g/mol. The third kappa shape index (κ3) is 3.32. The van der Waals surface area contributed by atoms with E-state index in [1.807, 2.05) is 6.07 Å². The molecule has 0 saturated carbocycles. The summed E-state index contributed by atoms with van der Waals surface area (Å²) in [6.07, 6.45) is 4.79. The van der Waals surface area contributed by atoms with Crippen molar-refractivity contribution in [3.8, 4) is 0 Å². The number of sulfonamides is 1. The summed E-state index contributed by atoms with van der Waals surface area (Å²) >= 11 is 0. The zero-order chi connectivity index (χ0) is 15.6. The van der Waals surface area contributed by atoms with Gasteiger partial charge in [0.25, 0.3) is 0 Å². The quantitative estimate of drug-likeness (QED) is 0.870. The second-order valence-electron chi connectivity index (χ2n) is 5.90. The van der Waals surface area contributed by atoms with Gasteiger partial charge in [0.1, 0.15) is 0 Å². The Morgan fingerprint density at radius 3 is 2.57 bits per heavy atom. The number of benzene rings is 1. The van der Waals surface area contributed by atoms with Crippen molar-refractivity contribution in [3.63, 3.8) is 0 Å². The molecule has 1 heterocycles. The molecule has 1 aliphatic heterocycles. The fourth-order valence-corrected chi connectivity index (χ4v) is 3.74. The monoisotopic (exact) mass is 311 g/mol. The summed E-state index contributed by atoms with van der Waals surface area (Å²) in [5.41, 5.74) is 7.62. The van der Waals surface area contributed by atoms with Crippen molar-refractivity contribution in [1.82, 2.24) is 4.31 Å². The van der Waals surface area contributed by atoms with Crippen LogP contribution in [0.25, 0.3) is 0 Å². The normalized spacial score (nSPS) is 20.6. The zero-order valence-electron chi connectivity index (χ0n) is 13.0. The lowest BCUT2D eigenvalue weighted by Gasteiger charge is -2.30. The first-order valence-corrected chi connectivity index (χ1v) is 8.86. The van der Waals surface area contributed by atoms with Crippen LogP contribution in [-0.2, 0) is 10.0 Å². The lowest BCUT2D eigenvalue weighted by Crippen LogP contribution is -2.33. The van der Waals surface area contributed by atoms with Gasteiger partial charge in [0, 0.05) is 26.7 Å². The van der Waals surface area contributed by atoms with Crippen LogP contribution in [0.3, 0.4) is 0 Å². The molecule has 1 fully saturated rings. The van der Waals surface area contributed by atoms with Crippen molar-refractivity contribution < 1.29 is 8.42 Å². The number of hydrogen-bond donors (Lipinski definition) is 1. The molecule has 0 spiro atoms. The number of nitrogens with zero attached hydrogens (tertiary/aromatic N) is 2. The Morgan fingerprint density at radius 2 is 1.95 bits per heavy atom. The van der Waals surface area contributed by atoms with E-state index in [2.05, 4.69) is 11.8 Å². The largest absolute Gasteiger partial charge is 0.397 e. The molecule has 0 amide bonds. The van der Waals surface area contributed by atoms with E-state index >= 15 is 0 Å². The molecule has 0 aliphatic carbocycles. The van der Waals surface area contributed by atoms with Crippen molar-refractivity contribution in [2.75, 3.05) is 31.3 Å². The van der Waals surface area contributed by atoms with Crippen LogP contribution in [0.2, 0.25) is 0 Å². The van der Waals surface area contributed by atoms with Crippen LogP contribution in [0, 0.1) is 0 Å². The third-order valence-corrected chi connectivity index (χ3v) is 5.95. The molecule has 1 aromatic carbocycles. The van der Waals surface area contributed by atoms with E-state index in [1.165, 1.54) is 31.2 Å². The summed E-state index contributed by atoms with van der Waals surface area (Å²) in [4.78, 5) is 2.55. The molecule has 1 atom stereocenters. The fraction of sp³-hybridized carbons (Fsp3) is 0.600. The first kappa shape index (κ1) is 16.1. The molecule has 0 aromatic heterocycles. The first-order chi connectivity index (χ1) is 9.84. The molecule has 2 rings (SSSR count). The van der Waals surface area contributed by atoms with E-state index in [0.29, 0.717) is 11.7 Å². The maximum absolute atomic E-state index is 12.1. The molecular formula is C15H25N3O2S. The van der Waals surface area contributed by atoms with Crippen LogP contribution in [0.5, 0.6) is 0 Å². The smallest absolute Gasteiger partial charge is 0.242 e. The van der Waals surface area contributed by atoms with Gasteiger partial charge in [0.15, 0.2) is 0 Å². The van der Waals surface area contributed by atoms with Gasteiger partial charge in [-0.1, -0.05) is 12.8 Å². The predicted octanol–water partition coefficient (Wildman–Crippen LogP) is 2.29. The molecule has 2 N–H and O–H groups in total. The Kier molecular flexibility index (Phi) is 4.78. The van der Waals surface area contributed by atoms with Crippen LogP contribution in [0.15, 0.2) is 23.1 Å². The van der Waals surface area contributed by atoms with E-state index < -0.39 is 10.0 Å². The van der Waals surface area contributed by atoms with E-state index in [9.17, 15) is 8.42 Å². The zero-order valence-corrected chi connectivity index (χ0v) is 13.9. The van der Waals surface area contributed by atoms with Crippen molar-refractivity contribution in [1.29, 1.82) is 0 Å². The first-order valence-electron chi connectivity index (χ1n) is 7.42. The van der Waals surface area contributed by atoms with Crippen LogP contribution in [0.4, 0.5) is 11.4 Å². The standard InChI is InChI=1S/C15H25N3O2S/c1-12-7-5-4-6-10-18(12)15-9-8-13(11-14(15)16)21(19,20)17(2)3/h8-9,11-12H,4-7,10,16H2,1-3H3. The lowest BCUT2D eigenvalue weighted by molar-refractivity contribution is 0.521. The van der Waals surface area contributed by atoms with Gasteiger partial charge in [-0.15, -0.1) is 0 Å². The average molecular weight is 311 g/mol. The van der Waals surface area contributed by atoms with Crippen molar-refractivity contribution in [3.05, 3.63) is 18.2 Å². The van der Waals surface area contributed by atoms with Gasteiger partial charge in [-0.25, -0.2) is 12.7 Å². The fourth-order valence-electron chi connectivity index (χ4n) is 2.80. The van der Waals surface area contributed by atoms with Gasteiger partial charge >= 0.3 is 0 Å². The van der Waals surface area contributed by atoms with E-state index in [1.54, 1.807) is 12.1 Å². The summed E-state index contributed by atoms with van der Waals surface area (Å²) in [5, 5.41) is 0. The highest BCUT2D eigenvalue weighted by atomic mass is 32.2. The molecule has 1 unspecified atom stereocenters. The Hall–Kier alpha value is -1.27. The molecule has 0 radical (unpaired) electrons. The van der Waals surface area contributed by atoms with E-state index in [0.717, 1.165) is 25.1 Å². The number of hydrogen-bond acceptors (Lipinski definition) is 4. The van der Waals surface area contributed by atoms with Gasteiger partial charge in [-0.05, 0) is 38.0 Å². The summed E-state index contributed by atoms with van der Waals surface area (Å²) in [6, 6.07) is 5.50. The molecule has 0 bridgehead atoms. The highest BCUT2D eigenvalue weighted by Crippen LogP contribution is 2.31. The van der Waals surface area contributed by atoms with Crippen LogP contribution in [0.1, 0.15) is 32.6 Å². The molecule has 6 heteroatoms. The van der Waals surface area contributed by atoms with Crippen LogP contribution < -0.4 is 10.6 Å². The van der Waals surface area contributed by atoms with Gasteiger partial charge in [-0.2, -0.15) is 0 Å². The molecule has 1 saturated heterocycles. The number of nitrogen functional groups attached to an aromatic ring is 1. The second kappa shape index (κ2) is 6.23. The second-order valence-corrected chi connectivity index (χ2v) is 8.05. The Balaban J connectivity index is 2.35. The van der Waals surface area contributed by atoms with Crippen LogP contribution >= 0.6 is 0 Å². The molecule has 21 heavy (non-hydrogen) atoms. The number of anilines is 2. The Labute approximate surface area is 127 Å². The van der Waals surface area contributed by atoms with E-state index in [-0.39, 0.29) is 4.90 Å². The SMILES string of the molecule is CC1CCCCCN1c1ccc(S(=O)(=O)N(C)C)cc1N. The van der Waals surface area contributed by atoms with Crippen molar-refractivity contribution in [2.45, 2.75) is 43.5 Å². The van der Waals surface area contributed by atoms with Gasteiger partial charge in [0.2, 0.25) is 10.0 Å². The summed E-state index contributed by atoms with van der Waals surface area (Å²) in [5.74, 6) is 0. The highest BCUT2D eigenvalue weighted by molar-refractivity contribution is 7.89. The molecule has 1 aliphatic rings. The summed E-state index contributed by atoms with van der Waals surface area (Å²) < 4.78 is 25.5. The minimum atomic E-state index is -3.43. The maximum Gasteiger partial charge on any atom is 0.242 e. The molecule has 118 valence electrons. The number of nitrogens with two attached hydrogens (primary N) is 1. The van der Waals surface area contributed by atoms with Gasteiger partial charge < -0.3 is 10.6 Å².